The summed E-state index contributed by atoms with van der Waals surface area (Å²) in [4.78, 5) is 9.70. The SMILES string of the molecule is O=CC(F)(F)C(F)(F)C(F)(F)C(F)(F)C(F)(F)C(F)(F)C(F)(F)C(F)(F)C(F)(F)C(F)(F)C(F)(F)C(F)(F)C(F)(F)F. The molecule has 28 heteroatoms. The van der Waals surface area contributed by atoms with E-state index < -0.39 is 83.5 Å². The van der Waals surface area contributed by atoms with Crippen LogP contribution in [0.3, 0.4) is 0 Å². The summed E-state index contributed by atoms with van der Waals surface area (Å²) in [5.74, 6) is -110. The van der Waals surface area contributed by atoms with Gasteiger partial charge in [-0.1, -0.05) is 0 Å². The molecule has 1 nitrogen and oxygen atoms in total. The average molecular weight is 698 g/mol. The van der Waals surface area contributed by atoms with Crippen LogP contribution >= 0.6 is 0 Å². The van der Waals surface area contributed by atoms with Crippen LogP contribution in [0.4, 0.5) is 119 Å². The molecule has 0 N–H and O–H groups in total. The van der Waals surface area contributed by atoms with Gasteiger partial charge in [0.05, 0.1) is 0 Å². The predicted molar refractivity (Wildman–Crippen MR) is 71.5 cm³/mol. The van der Waals surface area contributed by atoms with E-state index in [1.54, 1.807) is 0 Å². The molecule has 0 aliphatic heterocycles. The minimum Gasteiger partial charge on any atom is -0.296 e. The standard InChI is InChI=1S/C14HF27O/c15-2(16,1-42)3(17,18)4(19,20)5(21,22)6(23,24)7(25,26)8(27,28)9(29,30)10(31,32)11(33,34)12(35,36)13(37,38)14(39,40)41/h1H. The lowest BCUT2D eigenvalue weighted by atomic mass is 9.84. The summed E-state index contributed by atoms with van der Waals surface area (Å²) in [6, 6.07) is 0. The van der Waals surface area contributed by atoms with Gasteiger partial charge in [-0.3, -0.25) is 4.79 Å². The van der Waals surface area contributed by atoms with Crippen molar-refractivity contribution in [1.29, 1.82) is 0 Å². The van der Waals surface area contributed by atoms with E-state index in [-0.39, 0.29) is 0 Å². The van der Waals surface area contributed by atoms with Gasteiger partial charge in [-0.2, -0.15) is 119 Å². The fourth-order valence-corrected chi connectivity index (χ4v) is 2.24. The lowest BCUT2D eigenvalue weighted by molar-refractivity contribution is -0.484. The molecular formula is C14HF27O. The zero-order valence-corrected chi connectivity index (χ0v) is 17.7. The van der Waals surface area contributed by atoms with E-state index in [0.717, 1.165) is 0 Å². The Bertz CT molecular complexity index is 1010. The van der Waals surface area contributed by atoms with Crippen molar-refractivity contribution in [3.63, 3.8) is 0 Å². The first kappa shape index (κ1) is 39.8. The van der Waals surface area contributed by atoms with Gasteiger partial charge in [-0.15, -0.1) is 0 Å². The predicted octanol–water partition coefficient (Wildman–Crippen LogP) is 8.37. The number of hydrogen-bond donors (Lipinski definition) is 0. The maximum absolute atomic E-state index is 13.5. The highest BCUT2D eigenvalue weighted by atomic mass is 19.4. The lowest BCUT2D eigenvalue weighted by Crippen LogP contribution is -2.78. The lowest BCUT2D eigenvalue weighted by Gasteiger charge is -2.45. The Hall–Kier alpha value is -2.22. The van der Waals surface area contributed by atoms with E-state index in [4.69, 9.17) is 0 Å². The molecule has 0 atom stereocenters. The summed E-state index contributed by atoms with van der Waals surface area (Å²) in [6.45, 7) is 0. The highest BCUT2D eigenvalue weighted by molar-refractivity contribution is 5.62. The van der Waals surface area contributed by atoms with Gasteiger partial charge in [0.2, 0.25) is 0 Å². The van der Waals surface area contributed by atoms with Crippen LogP contribution in [0.5, 0.6) is 0 Å². The number of carbonyl (C=O) groups is 1. The van der Waals surface area contributed by atoms with E-state index in [9.17, 15) is 123 Å². The molecule has 0 aliphatic carbocycles. The normalized spacial score (nSPS) is 17.0. The Morgan fingerprint density at radius 3 is 0.524 bits per heavy atom. The highest BCUT2D eigenvalue weighted by Crippen LogP contribution is 2.68. The Balaban J connectivity index is 7.45. The number of rotatable bonds is 12. The molecule has 0 aliphatic rings. The maximum atomic E-state index is 13.5. The molecule has 0 unspecified atom stereocenters. The van der Waals surface area contributed by atoms with Gasteiger partial charge in [0.1, 0.15) is 0 Å². The topological polar surface area (TPSA) is 17.1 Å². The number of hydrogen-bond acceptors (Lipinski definition) is 1. The zero-order chi connectivity index (χ0) is 35.2. The molecule has 0 heterocycles. The Morgan fingerprint density at radius 1 is 0.238 bits per heavy atom. The van der Waals surface area contributed by atoms with E-state index in [1.807, 2.05) is 0 Å². The third-order valence-electron chi connectivity index (χ3n) is 4.87. The van der Waals surface area contributed by atoms with Crippen molar-refractivity contribution in [3.8, 4) is 0 Å². The maximum Gasteiger partial charge on any atom is 0.460 e. The molecule has 42 heavy (non-hydrogen) atoms. The van der Waals surface area contributed by atoms with Crippen LogP contribution in [0, 0.1) is 0 Å². The summed E-state index contributed by atoms with van der Waals surface area (Å²) in [5.41, 5.74) is 0. The fourth-order valence-electron chi connectivity index (χ4n) is 2.24. The van der Waals surface area contributed by atoms with Crippen molar-refractivity contribution in [1.82, 2.24) is 0 Å². The Morgan fingerprint density at radius 2 is 0.381 bits per heavy atom. The molecule has 0 saturated carbocycles. The zero-order valence-electron chi connectivity index (χ0n) is 17.7. The Labute approximate surface area is 208 Å². The minimum absolute atomic E-state index is 2.81. The van der Waals surface area contributed by atoms with Gasteiger partial charge in [0.15, 0.2) is 6.29 Å². The van der Waals surface area contributed by atoms with E-state index in [2.05, 4.69) is 0 Å². The second-order valence-corrected chi connectivity index (χ2v) is 7.56. The second-order valence-electron chi connectivity index (χ2n) is 7.56. The number of alkyl halides is 27. The van der Waals surface area contributed by atoms with Crippen molar-refractivity contribution in [3.05, 3.63) is 0 Å². The van der Waals surface area contributed by atoms with E-state index in [0.29, 0.717) is 0 Å². The van der Waals surface area contributed by atoms with E-state index in [1.165, 1.54) is 0 Å². The van der Waals surface area contributed by atoms with Crippen LogP contribution < -0.4 is 0 Å². The molecule has 0 amide bonds. The number of carbonyl (C=O) groups excluding carboxylic acids is 1. The first-order valence-electron chi connectivity index (χ1n) is 8.63. The number of aldehydes is 1. The van der Waals surface area contributed by atoms with E-state index >= 15 is 0 Å². The Kier molecular flexibility index (Phi) is 8.89. The molecule has 0 bridgehead atoms. The van der Waals surface area contributed by atoms with Crippen molar-refractivity contribution < 1.29 is 123 Å². The molecule has 0 spiro atoms. The van der Waals surface area contributed by atoms with Crippen molar-refractivity contribution in [2.75, 3.05) is 0 Å². The molecule has 0 rings (SSSR count). The highest BCUT2D eigenvalue weighted by Gasteiger charge is 3.00. The monoisotopic (exact) mass is 698 g/mol. The van der Waals surface area contributed by atoms with Gasteiger partial charge in [-0.05, 0) is 0 Å². The van der Waals surface area contributed by atoms with Gasteiger partial charge in [0.25, 0.3) is 0 Å². The van der Waals surface area contributed by atoms with Gasteiger partial charge < -0.3 is 0 Å². The molecule has 0 radical (unpaired) electrons. The van der Waals surface area contributed by atoms with Crippen molar-refractivity contribution in [2.45, 2.75) is 77.2 Å². The molecule has 0 fully saturated rings. The van der Waals surface area contributed by atoms with Crippen molar-refractivity contribution in [2.24, 2.45) is 0 Å². The number of halogens is 27. The fraction of sp³-hybridized carbons (Fsp3) is 0.929. The van der Waals surface area contributed by atoms with Crippen LogP contribution in [0.15, 0.2) is 0 Å². The summed E-state index contributed by atoms with van der Waals surface area (Å²) in [5, 5.41) is 0. The largest absolute Gasteiger partial charge is 0.460 e. The van der Waals surface area contributed by atoms with Crippen LogP contribution in [-0.2, 0) is 4.79 Å². The van der Waals surface area contributed by atoms with Crippen LogP contribution in [0.2, 0.25) is 0 Å². The van der Waals surface area contributed by atoms with Crippen LogP contribution in [0.25, 0.3) is 0 Å². The molecule has 252 valence electrons. The molecule has 0 aromatic heterocycles. The molecule has 0 aromatic carbocycles. The van der Waals surface area contributed by atoms with Gasteiger partial charge >= 0.3 is 77.2 Å². The van der Waals surface area contributed by atoms with Gasteiger partial charge in [-0.25, -0.2) is 0 Å². The summed E-state index contributed by atoms with van der Waals surface area (Å²) >= 11 is 0. The average Bonchev–Trinajstić information content (AvgIpc) is 2.76. The summed E-state index contributed by atoms with van der Waals surface area (Å²) in [7, 11) is 0. The second kappa shape index (κ2) is 9.39. The van der Waals surface area contributed by atoms with Gasteiger partial charge in [0, 0.05) is 0 Å². The van der Waals surface area contributed by atoms with Crippen molar-refractivity contribution >= 4 is 6.29 Å². The minimum atomic E-state index is -9.80. The van der Waals surface area contributed by atoms with Crippen LogP contribution in [0.1, 0.15) is 0 Å². The molecular weight excluding hydrogens is 697 g/mol. The third-order valence-corrected chi connectivity index (χ3v) is 4.87. The third kappa shape index (κ3) is 4.32. The first-order chi connectivity index (χ1) is 17.6. The molecule has 0 aromatic rings. The molecule has 0 saturated heterocycles. The summed E-state index contributed by atoms with van der Waals surface area (Å²) in [6.07, 6.45) is -11.1. The van der Waals surface area contributed by atoms with Crippen LogP contribution in [-0.4, -0.2) is 83.5 Å². The quantitative estimate of drug-likeness (QED) is 0.148. The first-order valence-corrected chi connectivity index (χ1v) is 8.63. The summed E-state index contributed by atoms with van der Waals surface area (Å²) < 4.78 is 353. The smallest absolute Gasteiger partial charge is 0.296 e.